The molecule has 10 heteroatoms. The Hall–Kier alpha value is -5.12. The molecule has 0 saturated carbocycles. The number of benzene rings is 2. The number of anilines is 3. The van der Waals surface area contributed by atoms with Crippen LogP contribution >= 0.6 is 0 Å². The third-order valence-electron chi connectivity index (χ3n) is 5.36. The summed E-state index contributed by atoms with van der Waals surface area (Å²) < 4.78 is 0. The third kappa shape index (κ3) is 3.79. The molecular formula is C24H17N9O. The molecule has 10 nitrogen and oxygen atoms in total. The number of rotatable bonds is 5. The van der Waals surface area contributed by atoms with Crippen molar-refractivity contribution >= 4 is 45.0 Å². The number of amides is 1. The van der Waals surface area contributed by atoms with Gasteiger partial charge in [0.1, 0.15) is 5.69 Å². The van der Waals surface area contributed by atoms with E-state index in [1.807, 2.05) is 48.5 Å². The minimum absolute atomic E-state index is 0.256. The second-order valence-electron chi connectivity index (χ2n) is 7.63. The zero-order valence-electron chi connectivity index (χ0n) is 17.6. The van der Waals surface area contributed by atoms with Gasteiger partial charge in [-0.2, -0.15) is 15.3 Å². The van der Waals surface area contributed by atoms with E-state index in [1.165, 1.54) is 12.4 Å². The summed E-state index contributed by atoms with van der Waals surface area (Å²) in [5.41, 5.74) is 5.29. The third-order valence-corrected chi connectivity index (χ3v) is 5.36. The van der Waals surface area contributed by atoms with Crippen LogP contribution in [0.4, 0.5) is 17.3 Å². The highest BCUT2D eigenvalue weighted by Gasteiger charge is 2.12. The predicted molar refractivity (Wildman–Crippen MR) is 129 cm³/mol. The van der Waals surface area contributed by atoms with Crippen molar-refractivity contribution in [1.82, 2.24) is 35.3 Å². The van der Waals surface area contributed by atoms with E-state index in [2.05, 4.69) is 46.0 Å². The van der Waals surface area contributed by atoms with Crippen LogP contribution in [0, 0.1) is 0 Å². The van der Waals surface area contributed by atoms with Crippen LogP contribution in [0.25, 0.3) is 33.1 Å². The quantitative estimate of drug-likeness (QED) is 0.309. The van der Waals surface area contributed by atoms with Gasteiger partial charge in [0.05, 0.1) is 35.5 Å². The standard InChI is InChI=1S/C24H17N9O/c34-23(29-18-5-8-26-27-13-18)22-10-15-2-1-14(9-20(15)31-22)19-6-7-25-24(32-19)30-17-4-3-16-12-28-33-21(16)11-17/h1-13,31H,(H,28,33)(H,25,30,32)(H,26,29,34). The molecule has 34 heavy (non-hydrogen) atoms. The first-order valence-electron chi connectivity index (χ1n) is 10.5. The number of nitrogens with zero attached hydrogens (tertiary/aromatic N) is 5. The van der Waals surface area contributed by atoms with Crippen LogP contribution in [0.5, 0.6) is 0 Å². The highest BCUT2D eigenvalue weighted by Crippen LogP contribution is 2.25. The van der Waals surface area contributed by atoms with Gasteiger partial charge in [0.15, 0.2) is 0 Å². The van der Waals surface area contributed by atoms with Crippen molar-refractivity contribution in [3.8, 4) is 11.3 Å². The van der Waals surface area contributed by atoms with E-state index >= 15 is 0 Å². The maximum Gasteiger partial charge on any atom is 0.272 e. The summed E-state index contributed by atoms with van der Waals surface area (Å²) in [7, 11) is 0. The van der Waals surface area contributed by atoms with Crippen molar-refractivity contribution in [3.05, 3.63) is 85.1 Å². The Morgan fingerprint density at radius 1 is 0.824 bits per heavy atom. The number of nitrogens with one attached hydrogen (secondary N) is 4. The Balaban J connectivity index is 1.25. The number of fused-ring (bicyclic) bond motifs is 2. The number of hydrogen-bond donors (Lipinski definition) is 4. The molecule has 0 aliphatic rings. The monoisotopic (exact) mass is 447 g/mol. The second kappa shape index (κ2) is 8.10. The van der Waals surface area contributed by atoms with Crippen LogP contribution in [-0.2, 0) is 0 Å². The van der Waals surface area contributed by atoms with Crippen molar-refractivity contribution in [2.24, 2.45) is 0 Å². The predicted octanol–water partition coefficient (Wildman–Crippen LogP) is 4.29. The number of H-pyrrole nitrogens is 2. The van der Waals surface area contributed by atoms with Crippen molar-refractivity contribution in [2.75, 3.05) is 10.6 Å². The van der Waals surface area contributed by atoms with Gasteiger partial charge in [-0.1, -0.05) is 12.1 Å². The highest BCUT2D eigenvalue weighted by atomic mass is 16.1. The smallest absolute Gasteiger partial charge is 0.272 e. The summed E-state index contributed by atoms with van der Waals surface area (Å²) in [6, 6.07) is 17.1. The molecule has 0 radical (unpaired) electrons. The van der Waals surface area contributed by atoms with E-state index in [4.69, 9.17) is 0 Å². The number of aromatic nitrogens is 7. The van der Waals surface area contributed by atoms with E-state index in [0.717, 1.165) is 38.8 Å². The summed E-state index contributed by atoms with van der Waals surface area (Å²) >= 11 is 0. The van der Waals surface area contributed by atoms with Crippen LogP contribution < -0.4 is 10.6 Å². The molecule has 0 saturated heterocycles. The average molecular weight is 447 g/mol. The number of hydrogen-bond acceptors (Lipinski definition) is 7. The first kappa shape index (κ1) is 19.6. The Kier molecular flexibility index (Phi) is 4.66. The van der Waals surface area contributed by atoms with Gasteiger partial charge in [-0.3, -0.25) is 9.89 Å². The van der Waals surface area contributed by atoms with Crippen molar-refractivity contribution in [3.63, 3.8) is 0 Å². The van der Waals surface area contributed by atoms with E-state index in [0.29, 0.717) is 17.3 Å². The van der Waals surface area contributed by atoms with Gasteiger partial charge >= 0.3 is 0 Å². The van der Waals surface area contributed by atoms with E-state index < -0.39 is 0 Å². The molecule has 6 aromatic rings. The molecule has 2 aromatic carbocycles. The number of carbonyl (C=O) groups excluding carboxylic acids is 1. The van der Waals surface area contributed by atoms with Gasteiger partial charge < -0.3 is 15.6 Å². The fourth-order valence-corrected chi connectivity index (χ4v) is 3.70. The average Bonchev–Trinajstić information content (AvgIpc) is 3.51. The largest absolute Gasteiger partial charge is 0.351 e. The van der Waals surface area contributed by atoms with E-state index in [9.17, 15) is 4.79 Å². The molecule has 0 spiro atoms. The summed E-state index contributed by atoms with van der Waals surface area (Å²) in [5, 5.41) is 22.5. The maximum atomic E-state index is 12.6. The Labute approximate surface area is 192 Å². The van der Waals surface area contributed by atoms with Crippen LogP contribution in [0.15, 0.2) is 79.4 Å². The lowest BCUT2D eigenvalue weighted by Crippen LogP contribution is -2.12. The fraction of sp³-hybridized carbons (Fsp3) is 0. The minimum Gasteiger partial charge on any atom is -0.351 e. The molecule has 0 aliphatic carbocycles. The van der Waals surface area contributed by atoms with Crippen LogP contribution in [-0.4, -0.2) is 41.3 Å². The first-order valence-corrected chi connectivity index (χ1v) is 10.5. The molecule has 4 aromatic heterocycles. The minimum atomic E-state index is -0.256. The molecule has 0 fully saturated rings. The molecule has 1 amide bonds. The summed E-state index contributed by atoms with van der Waals surface area (Å²) in [5.74, 6) is 0.225. The molecular weight excluding hydrogens is 430 g/mol. The topological polar surface area (TPSA) is 137 Å². The lowest BCUT2D eigenvalue weighted by molar-refractivity contribution is 0.102. The van der Waals surface area contributed by atoms with Gasteiger partial charge in [0, 0.05) is 33.7 Å². The van der Waals surface area contributed by atoms with Gasteiger partial charge in [-0.25, -0.2) is 9.97 Å². The Morgan fingerprint density at radius 3 is 2.68 bits per heavy atom. The van der Waals surface area contributed by atoms with Crippen LogP contribution in [0.1, 0.15) is 10.5 Å². The number of aromatic amines is 2. The van der Waals surface area contributed by atoms with Gasteiger partial charge in [-0.05, 0) is 42.5 Å². The zero-order chi connectivity index (χ0) is 22.9. The van der Waals surface area contributed by atoms with Gasteiger partial charge in [-0.15, -0.1) is 0 Å². The lowest BCUT2D eigenvalue weighted by Gasteiger charge is -2.07. The van der Waals surface area contributed by atoms with E-state index in [1.54, 1.807) is 18.5 Å². The first-order chi connectivity index (χ1) is 16.7. The number of carbonyl (C=O) groups is 1. The summed E-state index contributed by atoms with van der Waals surface area (Å²) in [6.45, 7) is 0. The SMILES string of the molecule is O=C(Nc1ccnnc1)c1cc2ccc(-c3ccnc(Nc4ccc5cn[nH]c5c4)n3)cc2[nH]1. The highest BCUT2D eigenvalue weighted by molar-refractivity contribution is 6.06. The fourth-order valence-electron chi connectivity index (χ4n) is 3.70. The molecule has 0 atom stereocenters. The molecule has 0 aliphatic heterocycles. The van der Waals surface area contributed by atoms with Gasteiger partial charge in [0.25, 0.3) is 5.91 Å². The lowest BCUT2D eigenvalue weighted by atomic mass is 10.1. The normalized spacial score (nSPS) is 11.1. The summed E-state index contributed by atoms with van der Waals surface area (Å²) in [6.07, 6.45) is 6.50. The molecule has 0 unspecified atom stereocenters. The van der Waals surface area contributed by atoms with E-state index in [-0.39, 0.29) is 5.91 Å². The van der Waals surface area contributed by atoms with Crippen molar-refractivity contribution < 1.29 is 4.79 Å². The van der Waals surface area contributed by atoms with Crippen molar-refractivity contribution in [2.45, 2.75) is 0 Å². The Morgan fingerprint density at radius 2 is 1.76 bits per heavy atom. The van der Waals surface area contributed by atoms with Crippen LogP contribution in [0.3, 0.4) is 0 Å². The molecule has 4 heterocycles. The summed E-state index contributed by atoms with van der Waals surface area (Å²) in [4.78, 5) is 24.8. The maximum absolute atomic E-state index is 12.6. The molecule has 0 bridgehead atoms. The molecule has 164 valence electrons. The molecule has 6 rings (SSSR count). The zero-order valence-corrected chi connectivity index (χ0v) is 17.6. The second-order valence-corrected chi connectivity index (χ2v) is 7.63. The van der Waals surface area contributed by atoms with Crippen molar-refractivity contribution in [1.29, 1.82) is 0 Å². The molecule has 4 N–H and O–H groups in total. The van der Waals surface area contributed by atoms with Gasteiger partial charge in [0.2, 0.25) is 5.95 Å². The Bertz CT molecular complexity index is 1640. The van der Waals surface area contributed by atoms with Crippen LogP contribution in [0.2, 0.25) is 0 Å².